The van der Waals surface area contributed by atoms with Crippen LogP contribution in [0.3, 0.4) is 0 Å². The van der Waals surface area contributed by atoms with Crippen molar-refractivity contribution >= 4 is 22.6 Å². The molecule has 2 aromatic rings. The minimum atomic E-state index is -0.677. The Balaban J connectivity index is 2.56. The van der Waals surface area contributed by atoms with Gasteiger partial charge in [0, 0.05) is 12.7 Å². The van der Waals surface area contributed by atoms with Gasteiger partial charge in [0.2, 0.25) is 0 Å². The molecule has 0 saturated carbocycles. The number of benzene rings is 1. The van der Waals surface area contributed by atoms with E-state index in [1.807, 2.05) is 13.8 Å². The third-order valence-corrected chi connectivity index (χ3v) is 3.15. The summed E-state index contributed by atoms with van der Waals surface area (Å²) in [6.45, 7) is 4.80. The Bertz CT molecular complexity index is 586. The van der Waals surface area contributed by atoms with E-state index >= 15 is 0 Å². The van der Waals surface area contributed by atoms with Gasteiger partial charge in [0.15, 0.2) is 5.82 Å². The average molecular weight is 289 g/mol. The predicted octanol–water partition coefficient (Wildman–Crippen LogP) is 3.65. The summed E-state index contributed by atoms with van der Waals surface area (Å²) in [5.41, 5.74) is 0.542. The maximum atomic E-state index is 13.7. The maximum absolute atomic E-state index is 13.7. The summed E-state index contributed by atoms with van der Waals surface area (Å²) < 4.78 is 34.1. The summed E-state index contributed by atoms with van der Waals surface area (Å²) >= 11 is 5.83. The van der Waals surface area contributed by atoms with Gasteiger partial charge in [-0.15, -0.1) is 11.6 Å². The van der Waals surface area contributed by atoms with E-state index < -0.39 is 11.6 Å². The van der Waals surface area contributed by atoms with Crippen LogP contribution in [0.1, 0.15) is 25.7 Å². The van der Waals surface area contributed by atoms with Crippen molar-refractivity contribution in [3.05, 3.63) is 29.6 Å². The van der Waals surface area contributed by atoms with Crippen molar-refractivity contribution in [3.8, 4) is 0 Å². The Kier molecular flexibility index (Phi) is 4.37. The topological polar surface area (TPSA) is 27.1 Å². The Hall–Kier alpha value is -1.20. The molecule has 6 heteroatoms. The van der Waals surface area contributed by atoms with Crippen molar-refractivity contribution in [2.45, 2.75) is 25.8 Å². The molecule has 1 heterocycles. The van der Waals surface area contributed by atoms with Gasteiger partial charge in [-0.05, 0) is 19.9 Å². The highest BCUT2D eigenvalue weighted by Crippen LogP contribution is 2.25. The van der Waals surface area contributed by atoms with Crippen LogP contribution in [-0.2, 0) is 10.6 Å². The Morgan fingerprint density at radius 3 is 2.79 bits per heavy atom. The first-order valence-corrected chi connectivity index (χ1v) is 6.61. The second kappa shape index (κ2) is 5.84. The van der Waals surface area contributed by atoms with Gasteiger partial charge in [-0.1, -0.05) is 0 Å². The second-order valence-corrected chi connectivity index (χ2v) is 4.56. The summed E-state index contributed by atoms with van der Waals surface area (Å²) in [5, 5.41) is 0. The molecule has 0 aliphatic carbocycles. The molecule has 19 heavy (non-hydrogen) atoms. The van der Waals surface area contributed by atoms with Gasteiger partial charge in [-0.3, -0.25) is 0 Å². The molecule has 0 spiro atoms. The normalized spacial score (nSPS) is 13.1. The standard InChI is InChI=1S/C13H15ClF2N2O/c1-3-19-7-8(2)18-11-5-9(15)4-10(16)13(11)17-12(18)6-14/h4-5,8H,3,6-7H2,1-2H3. The largest absolute Gasteiger partial charge is 0.380 e. The van der Waals surface area contributed by atoms with Crippen LogP contribution in [-0.4, -0.2) is 22.8 Å². The third-order valence-electron chi connectivity index (χ3n) is 2.91. The van der Waals surface area contributed by atoms with Crippen molar-refractivity contribution < 1.29 is 13.5 Å². The first-order chi connectivity index (χ1) is 9.08. The molecule has 0 bridgehead atoms. The molecule has 1 atom stereocenters. The van der Waals surface area contributed by atoms with Gasteiger partial charge in [0.1, 0.15) is 17.2 Å². The molecule has 3 nitrogen and oxygen atoms in total. The number of imidazole rings is 1. The number of aromatic nitrogens is 2. The predicted molar refractivity (Wildman–Crippen MR) is 70.4 cm³/mol. The zero-order valence-electron chi connectivity index (χ0n) is 10.8. The fraction of sp³-hybridized carbons (Fsp3) is 0.462. The lowest BCUT2D eigenvalue weighted by Gasteiger charge is -2.16. The maximum Gasteiger partial charge on any atom is 0.153 e. The molecule has 0 saturated heterocycles. The second-order valence-electron chi connectivity index (χ2n) is 4.30. The van der Waals surface area contributed by atoms with Crippen LogP contribution >= 0.6 is 11.6 Å². The molecular formula is C13H15ClF2N2O. The first-order valence-electron chi connectivity index (χ1n) is 6.08. The summed E-state index contributed by atoms with van der Waals surface area (Å²) in [6.07, 6.45) is 0. The molecule has 0 aliphatic heterocycles. The molecule has 104 valence electrons. The number of ether oxygens (including phenoxy) is 1. The van der Waals surface area contributed by atoms with Crippen LogP contribution in [0.15, 0.2) is 12.1 Å². The summed E-state index contributed by atoms with van der Waals surface area (Å²) in [7, 11) is 0. The molecule has 1 unspecified atom stereocenters. The summed E-state index contributed by atoms with van der Waals surface area (Å²) in [5.74, 6) is -0.667. The molecule has 1 aromatic heterocycles. The highest BCUT2D eigenvalue weighted by atomic mass is 35.5. The van der Waals surface area contributed by atoms with Crippen LogP contribution < -0.4 is 0 Å². The van der Waals surface area contributed by atoms with Gasteiger partial charge in [0.05, 0.1) is 24.0 Å². The van der Waals surface area contributed by atoms with Crippen molar-refractivity contribution in [1.82, 2.24) is 9.55 Å². The van der Waals surface area contributed by atoms with Crippen molar-refractivity contribution in [2.24, 2.45) is 0 Å². The zero-order valence-corrected chi connectivity index (χ0v) is 11.5. The highest BCUT2D eigenvalue weighted by molar-refractivity contribution is 6.16. The van der Waals surface area contributed by atoms with Gasteiger partial charge >= 0.3 is 0 Å². The van der Waals surface area contributed by atoms with E-state index in [4.69, 9.17) is 16.3 Å². The lowest BCUT2D eigenvalue weighted by molar-refractivity contribution is 0.119. The molecule has 0 aliphatic rings. The summed E-state index contributed by atoms with van der Waals surface area (Å²) in [4.78, 5) is 4.13. The number of hydrogen-bond donors (Lipinski definition) is 0. The highest BCUT2D eigenvalue weighted by Gasteiger charge is 2.18. The van der Waals surface area contributed by atoms with Gasteiger partial charge in [0.25, 0.3) is 0 Å². The minimum Gasteiger partial charge on any atom is -0.380 e. The molecule has 0 amide bonds. The summed E-state index contributed by atoms with van der Waals surface area (Å²) in [6, 6.07) is 1.99. The fourth-order valence-corrected chi connectivity index (χ4v) is 2.31. The number of hydrogen-bond acceptors (Lipinski definition) is 2. The lowest BCUT2D eigenvalue weighted by Crippen LogP contribution is -2.14. The van der Waals surface area contributed by atoms with E-state index in [1.165, 1.54) is 6.07 Å². The average Bonchev–Trinajstić information content (AvgIpc) is 2.74. The van der Waals surface area contributed by atoms with E-state index in [0.29, 0.717) is 24.6 Å². The number of fused-ring (bicyclic) bond motifs is 1. The Labute approximate surface area is 115 Å². The molecule has 2 rings (SSSR count). The van der Waals surface area contributed by atoms with E-state index in [2.05, 4.69) is 4.98 Å². The van der Waals surface area contributed by atoms with Crippen molar-refractivity contribution in [3.63, 3.8) is 0 Å². The SMILES string of the molecule is CCOCC(C)n1c(CCl)nc2c(F)cc(F)cc21. The van der Waals surface area contributed by atoms with Crippen LogP contribution in [0, 0.1) is 11.6 Å². The van der Waals surface area contributed by atoms with E-state index in [1.54, 1.807) is 4.57 Å². The molecule has 0 radical (unpaired) electrons. The van der Waals surface area contributed by atoms with Gasteiger partial charge in [-0.2, -0.15) is 0 Å². The van der Waals surface area contributed by atoms with Crippen LogP contribution in [0.4, 0.5) is 8.78 Å². The smallest absolute Gasteiger partial charge is 0.153 e. The monoisotopic (exact) mass is 288 g/mol. The zero-order chi connectivity index (χ0) is 14.0. The molecule has 0 N–H and O–H groups in total. The van der Waals surface area contributed by atoms with Gasteiger partial charge < -0.3 is 9.30 Å². The lowest BCUT2D eigenvalue weighted by atomic mass is 10.2. The minimum absolute atomic E-state index is 0.0973. The number of nitrogens with zero attached hydrogens (tertiary/aromatic N) is 2. The van der Waals surface area contributed by atoms with Crippen molar-refractivity contribution in [1.29, 1.82) is 0 Å². The molecular weight excluding hydrogens is 274 g/mol. The van der Waals surface area contributed by atoms with E-state index in [9.17, 15) is 8.78 Å². The number of alkyl halides is 1. The van der Waals surface area contributed by atoms with E-state index in [-0.39, 0.29) is 17.4 Å². The van der Waals surface area contributed by atoms with Crippen LogP contribution in [0.5, 0.6) is 0 Å². The van der Waals surface area contributed by atoms with Crippen LogP contribution in [0.25, 0.3) is 11.0 Å². The first kappa shape index (κ1) is 14.2. The number of rotatable bonds is 5. The number of halogens is 3. The van der Waals surface area contributed by atoms with Crippen molar-refractivity contribution in [2.75, 3.05) is 13.2 Å². The molecule has 0 fully saturated rings. The third kappa shape index (κ3) is 2.72. The Morgan fingerprint density at radius 1 is 1.42 bits per heavy atom. The van der Waals surface area contributed by atoms with Gasteiger partial charge in [-0.25, -0.2) is 13.8 Å². The Morgan fingerprint density at radius 2 is 2.16 bits per heavy atom. The van der Waals surface area contributed by atoms with Crippen LogP contribution in [0.2, 0.25) is 0 Å². The fourth-order valence-electron chi connectivity index (χ4n) is 2.12. The van der Waals surface area contributed by atoms with E-state index in [0.717, 1.165) is 6.07 Å². The molecule has 1 aromatic carbocycles. The quantitative estimate of drug-likeness (QED) is 0.785.